The molecular formula is C26H20ClNO6. The van der Waals surface area contributed by atoms with Crippen LogP contribution in [0.1, 0.15) is 22.7 Å². The molecule has 2 aliphatic rings. The fourth-order valence-electron chi connectivity index (χ4n) is 4.25. The maximum Gasteiger partial charge on any atom is 0.295 e. The van der Waals surface area contributed by atoms with Crippen LogP contribution in [0.25, 0.3) is 5.76 Å². The molecule has 1 unspecified atom stereocenters. The van der Waals surface area contributed by atoms with Gasteiger partial charge in [-0.3, -0.25) is 9.59 Å². The third kappa shape index (κ3) is 3.95. The Bertz CT molecular complexity index is 1320. The number of amides is 1. The summed E-state index contributed by atoms with van der Waals surface area (Å²) < 4.78 is 10.7. The van der Waals surface area contributed by atoms with Crippen molar-refractivity contribution < 1.29 is 29.3 Å². The van der Waals surface area contributed by atoms with Crippen LogP contribution >= 0.6 is 11.6 Å². The number of Topliss-reactive ketones (excluding diaryl/α,β-unsaturated/α-hetero) is 1. The second-order valence-corrected chi connectivity index (χ2v) is 8.47. The van der Waals surface area contributed by atoms with Crippen molar-refractivity contribution in [2.45, 2.75) is 12.5 Å². The summed E-state index contributed by atoms with van der Waals surface area (Å²) in [5.41, 5.74) is 1.73. The van der Waals surface area contributed by atoms with Gasteiger partial charge in [0.05, 0.1) is 11.6 Å². The molecule has 0 aromatic heterocycles. The van der Waals surface area contributed by atoms with Gasteiger partial charge in [-0.25, -0.2) is 0 Å². The first-order valence-corrected chi connectivity index (χ1v) is 11.0. The fourth-order valence-corrected chi connectivity index (χ4v) is 4.38. The van der Waals surface area contributed by atoms with E-state index >= 15 is 0 Å². The molecule has 8 heteroatoms. The van der Waals surface area contributed by atoms with Gasteiger partial charge in [0.2, 0.25) is 6.79 Å². The number of aromatic hydroxyl groups is 1. The van der Waals surface area contributed by atoms with E-state index in [2.05, 4.69) is 0 Å². The summed E-state index contributed by atoms with van der Waals surface area (Å²) in [5.74, 6) is -0.869. The topological polar surface area (TPSA) is 96.3 Å². The first-order chi connectivity index (χ1) is 16.4. The molecule has 0 bridgehead atoms. The summed E-state index contributed by atoms with van der Waals surface area (Å²) >= 11 is 5.96. The van der Waals surface area contributed by atoms with E-state index in [0.29, 0.717) is 34.1 Å². The monoisotopic (exact) mass is 477 g/mol. The van der Waals surface area contributed by atoms with Crippen molar-refractivity contribution in [2.24, 2.45) is 0 Å². The number of ketones is 1. The SMILES string of the molecule is O=C1C(=O)N(CCc2ccc(Cl)cc2)C(c2cccc(O)c2)/C1=C(/O)c1ccc2c(c1)OCO2. The number of likely N-dealkylation sites (tertiary alicyclic amines) is 1. The number of carbonyl (C=O) groups excluding carboxylic acids is 2. The number of phenolic OH excluding ortho intramolecular Hbond substituents is 1. The van der Waals surface area contributed by atoms with Crippen molar-refractivity contribution in [3.63, 3.8) is 0 Å². The van der Waals surface area contributed by atoms with Crippen molar-refractivity contribution in [2.75, 3.05) is 13.3 Å². The molecule has 0 spiro atoms. The molecule has 1 saturated heterocycles. The summed E-state index contributed by atoms with van der Waals surface area (Å²) in [5, 5.41) is 21.8. The van der Waals surface area contributed by atoms with E-state index in [1.807, 2.05) is 12.1 Å². The van der Waals surface area contributed by atoms with Gasteiger partial charge < -0.3 is 24.6 Å². The molecule has 5 rings (SSSR count). The highest BCUT2D eigenvalue weighted by Gasteiger charge is 2.46. The summed E-state index contributed by atoms with van der Waals surface area (Å²) in [7, 11) is 0. The van der Waals surface area contributed by atoms with E-state index in [0.717, 1.165) is 5.56 Å². The normalized spacial score (nSPS) is 18.5. The average molecular weight is 478 g/mol. The molecule has 2 N–H and O–H groups in total. The number of fused-ring (bicyclic) bond motifs is 1. The van der Waals surface area contributed by atoms with Gasteiger partial charge >= 0.3 is 0 Å². The number of aliphatic hydroxyl groups is 1. The molecule has 34 heavy (non-hydrogen) atoms. The van der Waals surface area contributed by atoms with Crippen LogP contribution in [0.3, 0.4) is 0 Å². The number of carbonyl (C=O) groups is 2. The lowest BCUT2D eigenvalue weighted by Gasteiger charge is -2.25. The number of aliphatic hydroxyl groups excluding tert-OH is 1. The summed E-state index contributed by atoms with van der Waals surface area (Å²) in [6, 6.07) is 17.5. The highest BCUT2D eigenvalue weighted by atomic mass is 35.5. The van der Waals surface area contributed by atoms with Gasteiger partial charge in [0.15, 0.2) is 11.5 Å². The number of rotatable bonds is 5. The number of ether oxygens (including phenoxy) is 2. The first kappa shape index (κ1) is 21.9. The van der Waals surface area contributed by atoms with Gasteiger partial charge in [-0.2, -0.15) is 0 Å². The summed E-state index contributed by atoms with van der Waals surface area (Å²) in [4.78, 5) is 27.7. The van der Waals surface area contributed by atoms with Crippen molar-refractivity contribution >= 4 is 29.1 Å². The molecule has 1 atom stereocenters. The predicted molar refractivity (Wildman–Crippen MR) is 125 cm³/mol. The average Bonchev–Trinajstić information content (AvgIpc) is 3.40. The minimum atomic E-state index is -0.871. The molecule has 2 heterocycles. The van der Waals surface area contributed by atoms with Crippen molar-refractivity contribution in [1.82, 2.24) is 4.90 Å². The van der Waals surface area contributed by atoms with E-state index < -0.39 is 17.7 Å². The molecule has 3 aromatic carbocycles. The molecule has 0 saturated carbocycles. The molecule has 3 aromatic rings. The summed E-state index contributed by atoms with van der Waals surface area (Å²) in [6.45, 7) is 0.294. The second kappa shape index (κ2) is 8.76. The Kier molecular flexibility index (Phi) is 5.63. The fraction of sp³-hybridized carbons (Fsp3) is 0.154. The van der Waals surface area contributed by atoms with Gasteiger partial charge in [0, 0.05) is 17.1 Å². The lowest BCUT2D eigenvalue weighted by Crippen LogP contribution is -2.31. The Morgan fingerprint density at radius 3 is 2.53 bits per heavy atom. The lowest BCUT2D eigenvalue weighted by atomic mass is 9.95. The maximum atomic E-state index is 13.1. The first-order valence-electron chi connectivity index (χ1n) is 10.6. The summed E-state index contributed by atoms with van der Waals surface area (Å²) in [6.07, 6.45) is 0.476. The number of phenols is 1. The Morgan fingerprint density at radius 2 is 1.76 bits per heavy atom. The molecule has 1 fully saturated rings. The molecule has 0 radical (unpaired) electrons. The highest BCUT2D eigenvalue weighted by molar-refractivity contribution is 6.46. The van der Waals surface area contributed by atoms with E-state index in [1.165, 1.54) is 17.0 Å². The van der Waals surface area contributed by atoms with Crippen molar-refractivity contribution in [1.29, 1.82) is 0 Å². The van der Waals surface area contributed by atoms with E-state index in [-0.39, 0.29) is 30.4 Å². The number of halogens is 1. The zero-order valence-corrected chi connectivity index (χ0v) is 18.7. The van der Waals surface area contributed by atoms with Gasteiger partial charge in [-0.15, -0.1) is 0 Å². The van der Waals surface area contributed by atoms with Crippen molar-refractivity contribution in [3.8, 4) is 17.2 Å². The van der Waals surface area contributed by atoms with Crippen LogP contribution in [0.2, 0.25) is 5.02 Å². The van der Waals surface area contributed by atoms with E-state index in [1.54, 1.807) is 42.5 Å². The van der Waals surface area contributed by atoms with Crippen LogP contribution in [0.15, 0.2) is 72.3 Å². The van der Waals surface area contributed by atoms with Crippen molar-refractivity contribution in [3.05, 3.63) is 94.0 Å². The molecule has 7 nitrogen and oxygen atoms in total. The van der Waals surface area contributed by atoms with Crippen LogP contribution < -0.4 is 9.47 Å². The zero-order valence-electron chi connectivity index (χ0n) is 17.9. The van der Waals surface area contributed by atoms with E-state index in [4.69, 9.17) is 21.1 Å². The third-order valence-electron chi connectivity index (χ3n) is 5.93. The second-order valence-electron chi connectivity index (χ2n) is 8.03. The standard InChI is InChI=1S/C26H20ClNO6/c27-18-7-4-15(5-8-18)10-11-28-23(16-2-1-3-19(29)12-16)22(25(31)26(28)32)24(30)17-6-9-20-21(13-17)34-14-33-20/h1-9,12-13,23,29-30H,10-11,14H2/b24-22-. The quantitative estimate of drug-likeness (QED) is 0.320. The zero-order chi connectivity index (χ0) is 23.8. The van der Waals surface area contributed by atoms with Gasteiger partial charge in [0.25, 0.3) is 11.7 Å². The van der Waals surface area contributed by atoms with Crippen LogP contribution in [-0.4, -0.2) is 40.1 Å². The molecular weight excluding hydrogens is 458 g/mol. The molecule has 2 aliphatic heterocycles. The van der Waals surface area contributed by atoms with Crippen LogP contribution in [-0.2, 0) is 16.0 Å². The third-order valence-corrected chi connectivity index (χ3v) is 6.18. The Labute approximate surface area is 200 Å². The number of hydrogen-bond donors (Lipinski definition) is 2. The largest absolute Gasteiger partial charge is 0.508 e. The van der Waals surface area contributed by atoms with Gasteiger partial charge in [0.1, 0.15) is 11.5 Å². The highest BCUT2D eigenvalue weighted by Crippen LogP contribution is 2.42. The Morgan fingerprint density at radius 1 is 1.00 bits per heavy atom. The smallest absolute Gasteiger partial charge is 0.295 e. The van der Waals surface area contributed by atoms with Crippen LogP contribution in [0, 0.1) is 0 Å². The lowest BCUT2D eigenvalue weighted by molar-refractivity contribution is -0.139. The molecule has 1 amide bonds. The van der Waals surface area contributed by atoms with Crippen LogP contribution in [0.5, 0.6) is 17.2 Å². The van der Waals surface area contributed by atoms with Gasteiger partial charge in [-0.05, 0) is 60.0 Å². The van der Waals surface area contributed by atoms with Gasteiger partial charge in [-0.1, -0.05) is 35.9 Å². The minimum Gasteiger partial charge on any atom is -0.508 e. The maximum absolute atomic E-state index is 13.1. The van der Waals surface area contributed by atoms with Crippen LogP contribution in [0.4, 0.5) is 0 Å². The number of nitrogens with zero attached hydrogens (tertiary/aromatic N) is 1. The Hall–Kier alpha value is -3.97. The van der Waals surface area contributed by atoms with E-state index in [9.17, 15) is 19.8 Å². The minimum absolute atomic E-state index is 0.0103. The number of hydrogen-bond acceptors (Lipinski definition) is 6. The Balaban J connectivity index is 1.57. The number of benzene rings is 3. The molecule has 0 aliphatic carbocycles. The predicted octanol–water partition coefficient (Wildman–Crippen LogP) is 4.44. The molecule has 172 valence electrons.